The number of ether oxygens (including phenoxy) is 1. The molecule has 0 saturated heterocycles. The van der Waals surface area contributed by atoms with Gasteiger partial charge in [0.2, 0.25) is 0 Å². The van der Waals surface area contributed by atoms with E-state index in [1.54, 1.807) is 0 Å². The van der Waals surface area contributed by atoms with E-state index >= 15 is 0 Å². The lowest BCUT2D eigenvalue weighted by Gasteiger charge is -2.27. The number of rotatable bonds is 26. The fourth-order valence-electron chi connectivity index (χ4n) is 4.45. The lowest BCUT2D eigenvalue weighted by atomic mass is 10.0. The van der Waals surface area contributed by atoms with Crippen LogP contribution in [0, 0.1) is 0 Å². The first-order chi connectivity index (χ1) is 16.0. The van der Waals surface area contributed by atoms with E-state index < -0.39 is 12.5 Å². The maximum Gasteiger partial charge on any atom is 0.123 e. The summed E-state index contributed by atoms with van der Waals surface area (Å²) in [5.41, 5.74) is 24.8. The maximum atomic E-state index is 6.23. The molecule has 0 aromatic carbocycles. The van der Waals surface area contributed by atoms with E-state index in [1.807, 2.05) is 0 Å². The van der Waals surface area contributed by atoms with E-state index in [9.17, 15) is 0 Å². The molecule has 5 heteroatoms. The van der Waals surface area contributed by atoms with Crippen LogP contribution in [0.25, 0.3) is 0 Å². The highest BCUT2D eigenvalue weighted by Crippen LogP contribution is 2.14. The Kier molecular flexibility index (Phi) is 24.8. The summed E-state index contributed by atoms with van der Waals surface area (Å²) in [5, 5.41) is 0. The molecular weight excluding hydrogens is 408 g/mol. The topological polar surface area (TPSA) is 113 Å². The van der Waals surface area contributed by atoms with Crippen molar-refractivity contribution in [1.82, 2.24) is 0 Å². The number of hydrogen-bond acceptors (Lipinski definition) is 5. The van der Waals surface area contributed by atoms with E-state index in [2.05, 4.69) is 13.8 Å². The van der Waals surface area contributed by atoms with Gasteiger partial charge in [-0.15, -0.1) is 0 Å². The minimum absolute atomic E-state index is 0.172. The number of nitrogens with two attached hydrogens (primary N) is 4. The third-order valence-corrected chi connectivity index (χ3v) is 6.94. The first kappa shape index (κ1) is 32.8. The van der Waals surface area contributed by atoms with Gasteiger partial charge in [0.15, 0.2) is 0 Å². The third-order valence-electron chi connectivity index (χ3n) is 6.94. The molecule has 0 saturated carbocycles. The molecule has 0 aliphatic carbocycles. The van der Waals surface area contributed by atoms with Gasteiger partial charge in [-0.2, -0.15) is 0 Å². The molecule has 200 valence electrons. The molecule has 0 aromatic rings. The van der Waals surface area contributed by atoms with Gasteiger partial charge in [-0.1, -0.05) is 142 Å². The molecule has 0 aromatic heterocycles. The Labute approximate surface area is 207 Å². The van der Waals surface area contributed by atoms with Crippen molar-refractivity contribution in [1.29, 1.82) is 0 Å². The Morgan fingerprint density at radius 3 is 0.909 bits per heavy atom. The highest BCUT2D eigenvalue weighted by atomic mass is 16.5. The molecular formula is C28H62N4O. The molecule has 0 aliphatic rings. The summed E-state index contributed by atoms with van der Waals surface area (Å²) >= 11 is 0. The molecule has 4 unspecified atom stereocenters. The Balaban J connectivity index is 3.61. The predicted octanol–water partition coefficient (Wildman–Crippen LogP) is 6.85. The summed E-state index contributed by atoms with van der Waals surface area (Å²) in [6, 6.07) is -0.343. The average Bonchev–Trinajstić information content (AvgIpc) is 2.81. The van der Waals surface area contributed by atoms with Crippen molar-refractivity contribution in [3.63, 3.8) is 0 Å². The van der Waals surface area contributed by atoms with E-state index in [0.717, 1.165) is 25.7 Å². The molecule has 0 amide bonds. The van der Waals surface area contributed by atoms with Gasteiger partial charge in [0.1, 0.15) is 12.5 Å². The van der Waals surface area contributed by atoms with Crippen molar-refractivity contribution in [2.75, 3.05) is 0 Å². The van der Waals surface area contributed by atoms with Gasteiger partial charge in [-0.05, 0) is 12.8 Å². The van der Waals surface area contributed by atoms with Crippen LogP contribution in [0.2, 0.25) is 0 Å². The van der Waals surface area contributed by atoms with Gasteiger partial charge < -0.3 is 27.7 Å². The fraction of sp³-hybridized carbons (Fsp3) is 1.00. The average molecular weight is 471 g/mol. The molecule has 0 radical (unpaired) electrons. The molecule has 8 N–H and O–H groups in total. The summed E-state index contributed by atoms with van der Waals surface area (Å²) in [7, 11) is 0. The van der Waals surface area contributed by atoms with Crippen molar-refractivity contribution < 1.29 is 4.74 Å². The highest BCUT2D eigenvalue weighted by Gasteiger charge is 2.20. The Hall–Kier alpha value is -0.200. The SMILES string of the molecule is CCCCCCCCCCCCC(N)C(N)OC(N)C(N)CCCCCCCCCCCC. The van der Waals surface area contributed by atoms with Crippen molar-refractivity contribution >= 4 is 0 Å². The van der Waals surface area contributed by atoms with Crippen LogP contribution in [0.5, 0.6) is 0 Å². The molecule has 0 rings (SSSR count). The van der Waals surface area contributed by atoms with Gasteiger partial charge in [0, 0.05) is 12.1 Å². The second kappa shape index (κ2) is 24.9. The summed E-state index contributed by atoms with van der Waals surface area (Å²) in [4.78, 5) is 0. The second-order valence-electron chi connectivity index (χ2n) is 10.3. The van der Waals surface area contributed by atoms with Gasteiger partial charge in [-0.25, -0.2) is 0 Å². The van der Waals surface area contributed by atoms with Gasteiger partial charge in [0.05, 0.1) is 0 Å². The lowest BCUT2D eigenvalue weighted by molar-refractivity contribution is -0.0332. The summed E-state index contributed by atoms with van der Waals surface area (Å²) in [6.07, 6.45) is 27.1. The van der Waals surface area contributed by atoms with Gasteiger partial charge in [-0.3, -0.25) is 0 Å². The van der Waals surface area contributed by atoms with E-state index in [0.29, 0.717) is 0 Å². The molecule has 0 heterocycles. The molecule has 33 heavy (non-hydrogen) atoms. The van der Waals surface area contributed by atoms with Crippen LogP contribution in [-0.4, -0.2) is 24.5 Å². The smallest absolute Gasteiger partial charge is 0.123 e. The van der Waals surface area contributed by atoms with Crippen LogP contribution in [-0.2, 0) is 4.74 Å². The molecule has 0 spiro atoms. The third kappa shape index (κ3) is 22.0. The fourth-order valence-corrected chi connectivity index (χ4v) is 4.45. The van der Waals surface area contributed by atoms with Crippen molar-refractivity contribution in [2.45, 2.75) is 180 Å². The monoisotopic (exact) mass is 470 g/mol. The molecule has 5 nitrogen and oxygen atoms in total. The first-order valence-corrected chi connectivity index (χ1v) is 14.7. The maximum absolute atomic E-state index is 6.23. The largest absolute Gasteiger partial charge is 0.342 e. The van der Waals surface area contributed by atoms with Gasteiger partial charge in [0.25, 0.3) is 0 Å². The van der Waals surface area contributed by atoms with Crippen molar-refractivity contribution in [3.8, 4) is 0 Å². The Morgan fingerprint density at radius 2 is 0.636 bits per heavy atom. The molecule has 0 fully saturated rings. The summed E-state index contributed by atoms with van der Waals surface area (Å²) in [5.74, 6) is 0. The normalized spacial score (nSPS) is 15.5. The van der Waals surface area contributed by atoms with Crippen LogP contribution >= 0.6 is 0 Å². The predicted molar refractivity (Wildman–Crippen MR) is 146 cm³/mol. The molecule has 4 atom stereocenters. The quantitative estimate of drug-likeness (QED) is 0.0815. The molecule has 0 aliphatic heterocycles. The van der Waals surface area contributed by atoms with Gasteiger partial charge >= 0.3 is 0 Å². The van der Waals surface area contributed by atoms with Crippen LogP contribution in [0.1, 0.15) is 155 Å². The minimum atomic E-state index is -0.530. The summed E-state index contributed by atoms with van der Waals surface area (Å²) < 4.78 is 5.76. The summed E-state index contributed by atoms with van der Waals surface area (Å²) in [6.45, 7) is 4.53. The van der Waals surface area contributed by atoms with Crippen molar-refractivity contribution in [2.24, 2.45) is 22.9 Å². The van der Waals surface area contributed by atoms with E-state index in [1.165, 1.54) is 116 Å². The second-order valence-corrected chi connectivity index (χ2v) is 10.3. The standard InChI is InChI=1S/C28H62N4O/c1-3-5-7-9-11-13-15-17-19-21-23-25(29)27(31)33-28(32)26(30)24-22-20-18-16-14-12-10-8-6-4-2/h25-28H,3-24,29-32H2,1-2H3. The number of hydrogen-bond donors (Lipinski definition) is 4. The van der Waals surface area contributed by atoms with E-state index in [4.69, 9.17) is 27.7 Å². The Bertz CT molecular complexity index is 349. The van der Waals surface area contributed by atoms with Crippen LogP contribution in [0.15, 0.2) is 0 Å². The van der Waals surface area contributed by atoms with E-state index in [-0.39, 0.29) is 12.1 Å². The van der Waals surface area contributed by atoms with Crippen molar-refractivity contribution in [3.05, 3.63) is 0 Å². The lowest BCUT2D eigenvalue weighted by Crippen LogP contribution is -2.52. The highest BCUT2D eigenvalue weighted by molar-refractivity contribution is 4.74. The van der Waals surface area contributed by atoms with Crippen LogP contribution in [0.4, 0.5) is 0 Å². The first-order valence-electron chi connectivity index (χ1n) is 14.7. The zero-order valence-corrected chi connectivity index (χ0v) is 22.6. The molecule has 0 bridgehead atoms. The zero-order chi connectivity index (χ0) is 24.6. The number of unbranched alkanes of at least 4 members (excludes halogenated alkanes) is 18. The van der Waals surface area contributed by atoms with Crippen LogP contribution < -0.4 is 22.9 Å². The zero-order valence-electron chi connectivity index (χ0n) is 22.6. The Morgan fingerprint density at radius 1 is 0.394 bits per heavy atom. The van der Waals surface area contributed by atoms with Crippen LogP contribution in [0.3, 0.4) is 0 Å². The minimum Gasteiger partial charge on any atom is -0.342 e.